The molecule has 0 atom stereocenters. The third-order valence-electron chi connectivity index (χ3n) is 3.21. The van der Waals surface area contributed by atoms with Crippen LogP contribution in [0, 0.1) is 13.8 Å². The van der Waals surface area contributed by atoms with E-state index in [1.54, 1.807) is 19.1 Å². The van der Waals surface area contributed by atoms with Gasteiger partial charge in [-0.1, -0.05) is 22.9 Å². The van der Waals surface area contributed by atoms with E-state index in [1.807, 2.05) is 13.8 Å². The van der Waals surface area contributed by atoms with Crippen molar-refractivity contribution >= 4 is 15.9 Å². The van der Waals surface area contributed by atoms with Crippen LogP contribution in [0.15, 0.2) is 26.2 Å². The number of hydrogen-bond acceptors (Lipinski definition) is 3. The SMILES string of the molecule is CCc1c(O)n(-c2cc(C)c(Br)c(C)c2)c(=O)[nH]c1=O. The molecule has 2 N–H and O–H groups in total. The molecule has 1 aromatic carbocycles. The number of aryl methyl sites for hydroxylation is 2. The second-order valence-corrected chi connectivity index (χ2v) is 5.44. The highest BCUT2D eigenvalue weighted by atomic mass is 79.9. The van der Waals surface area contributed by atoms with Gasteiger partial charge in [-0.3, -0.25) is 9.78 Å². The van der Waals surface area contributed by atoms with Crippen LogP contribution in [0.4, 0.5) is 0 Å². The van der Waals surface area contributed by atoms with Crippen LogP contribution < -0.4 is 11.2 Å². The molecule has 20 heavy (non-hydrogen) atoms. The van der Waals surface area contributed by atoms with E-state index in [-0.39, 0.29) is 11.4 Å². The Hall–Kier alpha value is -1.82. The van der Waals surface area contributed by atoms with E-state index >= 15 is 0 Å². The summed E-state index contributed by atoms with van der Waals surface area (Å²) in [6.45, 7) is 5.54. The number of aromatic amines is 1. The quantitative estimate of drug-likeness (QED) is 0.881. The zero-order valence-electron chi connectivity index (χ0n) is 11.5. The number of rotatable bonds is 2. The summed E-state index contributed by atoms with van der Waals surface area (Å²) in [6.07, 6.45) is 0.343. The molecule has 2 rings (SSSR count). The minimum atomic E-state index is -0.647. The van der Waals surface area contributed by atoms with Crippen LogP contribution in [0.25, 0.3) is 5.69 Å². The van der Waals surface area contributed by atoms with E-state index in [2.05, 4.69) is 20.9 Å². The lowest BCUT2D eigenvalue weighted by atomic mass is 10.1. The van der Waals surface area contributed by atoms with Crippen molar-refractivity contribution in [2.75, 3.05) is 0 Å². The Kier molecular flexibility index (Phi) is 3.85. The molecule has 1 heterocycles. The molecule has 0 aliphatic rings. The smallest absolute Gasteiger partial charge is 0.335 e. The molecule has 0 bridgehead atoms. The van der Waals surface area contributed by atoms with E-state index < -0.39 is 11.2 Å². The van der Waals surface area contributed by atoms with Crippen LogP contribution in [0.5, 0.6) is 5.88 Å². The van der Waals surface area contributed by atoms with Crippen molar-refractivity contribution in [1.82, 2.24) is 9.55 Å². The van der Waals surface area contributed by atoms with Crippen molar-refractivity contribution in [3.8, 4) is 11.6 Å². The summed E-state index contributed by atoms with van der Waals surface area (Å²) in [7, 11) is 0. The van der Waals surface area contributed by atoms with E-state index in [4.69, 9.17) is 0 Å². The van der Waals surface area contributed by atoms with Gasteiger partial charge in [0.25, 0.3) is 5.56 Å². The second kappa shape index (κ2) is 5.28. The van der Waals surface area contributed by atoms with Crippen LogP contribution in [-0.4, -0.2) is 14.7 Å². The second-order valence-electron chi connectivity index (χ2n) is 4.64. The minimum Gasteiger partial charge on any atom is -0.494 e. The van der Waals surface area contributed by atoms with Crippen LogP contribution in [0.1, 0.15) is 23.6 Å². The van der Waals surface area contributed by atoms with Gasteiger partial charge in [0.15, 0.2) is 0 Å². The van der Waals surface area contributed by atoms with Gasteiger partial charge >= 0.3 is 5.69 Å². The molecule has 0 aliphatic carbocycles. The number of aromatic nitrogens is 2. The van der Waals surface area contributed by atoms with E-state index in [1.165, 1.54) is 0 Å². The summed E-state index contributed by atoms with van der Waals surface area (Å²) in [6, 6.07) is 3.55. The molecule has 0 saturated carbocycles. The molecule has 0 saturated heterocycles. The van der Waals surface area contributed by atoms with Crippen molar-refractivity contribution in [3.05, 3.63) is 54.1 Å². The van der Waals surface area contributed by atoms with Crippen molar-refractivity contribution < 1.29 is 5.11 Å². The molecule has 0 unspecified atom stereocenters. The first-order valence-electron chi connectivity index (χ1n) is 6.21. The number of nitrogens with one attached hydrogen (secondary N) is 1. The Morgan fingerprint density at radius 3 is 2.30 bits per heavy atom. The van der Waals surface area contributed by atoms with Gasteiger partial charge < -0.3 is 5.11 Å². The average molecular weight is 339 g/mol. The molecule has 2 aromatic rings. The molecule has 1 aromatic heterocycles. The first kappa shape index (κ1) is 14.6. The lowest BCUT2D eigenvalue weighted by molar-refractivity contribution is 0.423. The van der Waals surface area contributed by atoms with E-state index in [0.717, 1.165) is 20.2 Å². The molecule has 0 aliphatic heterocycles. The fraction of sp³-hybridized carbons (Fsp3) is 0.286. The molecule has 0 spiro atoms. The number of benzene rings is 1. The number of hydrogen-bond donors (Lipinski definition) is 2. The van der Waals surface area contributed by atoms with Crippen LogP contribution >= 0.6 is 15.9 Å². The Bertz CT molecular complexity index is 767. The molecule has 0 radical (unpaired) electrons. The first-order valence-corrected chi connectivity index (χ1v) is 7.00. The fourth-order valence-corrected chi connectivity index (χ4v) is 2.40. The maximum Gasteiger partial charge on any atom is 0.335 e. The molecule has 0 fully saturated rings. The number of halogens is 1. The number of aromatic hydroxyl groups is 1. The molecule has 106 valence electrons. The van der Waals surface area contributed by atoms with E-state index in [0.29, 0.717) is 12.1 Å². The van der Waals surface area contributed by atoms with Gasteiger partial charge in [-0.25, -0.2) is 9.36 Å². The molecular weight excluding hydrogens is 324 g/mol. The third-order valence-corrected chi connectivity index (χ3v) is 4.46. The predicted molar refractivity (Wildman–Crippen MR) is 80.9 cm³/mol. The highest BCUT2D eigenvalue weighted by Gasteiger charge is 2.15. The zero-order chi connectivity index (χ0) is 15.0. The maximum absolute atomic E-state index is 12.0. The highest BCUT2D eigenvalue weighted by Crippen LogP contribution is 2.25. The largest absolute Gasteiger partial charge is 0.494 e. The van der Waals surface area contributed by atoms with Gasteiger partial charge in [-0.2, -0.15) is 0 Å². The highest BCUT2D eigenvalue weighted by molar-refractivity contribution is 9.10. The topological polar surface area (TPSA) is 75.1 Å². The van der Waals surface area contributed by atoms with Crippen LogP contribution in [0.2, 0.25) is 0 Å². The maximum atomic E-state index is 12.0. The van der Waals surface area contributed by atoms with Crippen molar-refractivity contribution in [2.45, 2.75) is 27.2 Å². The summed E-state index contributed by atoms with van der Waals surface area (Å²) in [5.74, 6) is -0.303. The zero-order valence-corrected chi connectivity index (χ0v) is 13.0. The minimum absolute atomic E-state index is 0.197. The van der Waals surface area contributed by atoms with E-state index in [9.17, 15) is 14.7 Å². The van der Waals surface area contributed by atoms with Crippen LogP contribution in [-0.2, 0) is 6.42 Å². The molecular formula is C14H15BrN2O3. The molecule has 6 heteroatoms. The van der Waals surface area contributed by atoms with Gasteiger partial charge in [-0.05, 0) is 43.5 Å². The summed E-state index contributed by atoms with van der Waals surface area (Å²) >= 11 is 3.45. The van der Waals surface area contributed by atoms with Crippen LogP contribution in [0.3, 0.4) is 0 Å². The summed E-state index contributed by atoms with van der Waals surface area (Å²) in [5.41, 5.74) is 1.41. The summed E-state index contributed by atoms with van der Waals surface area (Å²) in [5, 5.41) is 10.2. The Labute approximate surface area is 124 Å². The lowest BCUT2D eigenvalue weighted by Gasteiger charge is -2.13. The van der Waals surface area contributed by atoms with Gasteiger partial charge in [0.1, 0.15) is 0 Å². The summed E-state index contributed by atoms with van der Waals surface area (Å²) in [4.78, 5) is 25.8. The average Bonchev–Trinajstić information content (AvgIpc) is 2.35. The van der Waals surface area contributed by atoms with Gasteiger partial charge in [0.2, 0.25) is 5.88 Å². The predicted octanol–water partition coefficient (Wildman–Crippen LogP) is 2.17. The Morgan fingerprint density at radius 2 is 1.80 bits per heavy atom. The lowest BCUT2D eigenvalue weighted by Crippen LogP contribution is -2.31. The summed E-state index contributed by atoms with van der Waals surface area (Å²) < 4.78 is 2.07. The Balaban J connectivity index is 2.83. The van der Waals surface area contributed by atoms with Crippen molar-refractivity contribution in [1.29, 1.82) is 0 Å². The normalized spacial score (nSPS) is 10.8. The monoisotopic (exact) mass is 338 g/mol. The number of H-pyrrole nitrogens is 1. The standard InChI is InChI=1S/C14H15BrN2O3/c1-4-10-12(18)16-14(20)17(13(10)19)9-5-7(2)11(15)8(3)6-9/h5-6,19H,4H2,1-3H3,(H,16,18,20). The molecule has 0 amide bonds. The number of nitrogens with zero attached hydrogens (tertiary/aromatic N) is 1. The molecule has 5 nitrogen and oxygen atoms in total. The third kappa shape index (κ3) is 2.31. The fourth-order valence-electron chi connectivity index (χ4n) is 2.17. The van der Waals surface area contributed by atoms with Crippen molar-refractivity contribution in [3.63, 3.8) is 0 Å². The first-order chi connectivity index (χ1) is 9.36. The van der Waals surface area contributed by atoms with Gasteiger partial charge in [0.05, 0.1) is 11.3 Å². The van der Waals surface area contributed by atoms with Gasteiger partial charge in [0, 0.05) is 4.47 Å². The van der Waals surface area contributed by atoms with Gasteiger partial charge in [-0.15, -0.1) is 0 Å². The Morgan fingerprint density at radius 1 is 1.25 bits per heavy atom. The van der Waals surface area contributed by atoms with Crippen molar-refractivity contribution in [2.24, 2.45) is 0 Å².